The van der Waals surface area contributed by atoms with Crippen LogP contribution in [0.15, 0.2) is 182 Å². The van der Waals surface area contributed by atoms with E-state index in [2.05, 4.69) is 192 Å². The van der Waals surface area contributed by atoms with Crippen LogP contribution in [-0.4, -0.2) is 0 Å². The molecule has 0 radical (unpaired) electrons. The zero-order valence-corrected chi connectivity index (χ0v) is 28.4. The highest BCUT2D eigenvalue weighted by Crippen LogP contribution is 2.53. The van der Waals surface area contributed by atoms with Gasteiger partial charge in [-0.1, -0.05) is 121 Å². The van der Waals surface area contributed by atoms with Crippen molar-refractivity contribution in [2.45, 2.75) is 0 Å². The van der Waals surface area contributed by atoms with Crippen molar-refractivity contribution in [3.63, 3.8) is 0 Å². The molecule has 0 aliphatic carbocycles. The summed E-state index contributed by atoms with van der Waals surface area (Å²) < 4.78 is 2.61. The standard InChI is InChI=1S/C48H30N2S/c1-3-15-37-31(10-1)12-8-19-42(37)49(36-27-28-40-39-17-5-6-21-45(39)51-46(40)30-36)34-23-25-35(26-24-34)50-43-20-9-14-33-13-7-18-41(47(33)43)48-38-16-4-2-11-32(38)22-29-44(48)50/h1-30H. The summed E-state index contributed by atoms with van der Waals surface area (Å²) in [5.74, 6) is 0. The molecule has 0 spiro atoms. The molecule has 0 saturated heterocycles. The van der Waals surface area contributed by atoms with Crippen molar-refractivity contribution >= 4 is 98.0 Å². The maximum absolute atomic E-state index is 2.45. The molecule has 51 heavy (non-hydrogen) atoms. The largest absolute Gasteiger partial charge is 0.310 e. The van der Waals surface area contributed by atoms with E-state index < -0.39 is 0 Å². The zero-order valence-electron chi connectivity index (χ0n) is 27.6. The average Bonchev–Trinajstić information content (AvgIpc) is 3.57. The lowest BCUT2D eigenvalue weighted by Crippen LogP contribution is -2.16. The monoisotopic (exact) mass is 666 g/mol. The second-order valence-corrected chi connectivity index (χ2v) is 14.4. The van der Waals surface area contributed by atoms with Crippen molar-refractivity contribution in [3.05, 3.63) is 182 Å². The minimum Gasteiger partial charge on any atom is -0.310 e. The van der Waals surface area contributed by atoms with E-state index in [0.717, 1.165) is 22.7 Å². The lowest BCUT2D eigenvalue weighted by Gasteiger charge is -2.34. The summed E-state index contributed by atoms with van der Waals surface area (Å²) >= 11 is 1.86. The third-order valence-corrected chi connectivity index (χ3v) is 11.7. The first kappa shape index (κ1) is 28.4. The topological polar surface area (TPSA) is 6.48 Å². The maximum atomic E-state index is 2.45. The Morgan fingerprint density at radius 3 is 1.92 bits per heavy atom. The van der Waals surface area contributed by atoms with Crippen LogP contribution >= 0.6 is 11.3 Å². The molecule has 10 aromatic rings. The molecule has 1 aliphatic heterocycles. The summed E-state index contributed by atoms with van der Waals surface area (Å²) in [4.78, 5) is 4.87. The quantitative estimate of drug-likeness (QED) is 0.184. The van der Waals surface area contributed by atoms with E-state index in [-0.39, 0.29) is 0 Å². The first-order valence-electron chi connectivity index (χ1n) is 17.4. The number of rotatable bonds is 4. The summed E-state index contributed by atoms with van der Waals surface area (Å²) in [6, 6.07) is 66.8. The Labute approximate surface area is 299 Å². The van der Waals surface area contributed by atoms with E-state index in [0.29, 0.717) is 0 Å². The summed E-state index contributed by atoms with van der Waals surface area (Å²) in [5.41, 5.74) is 9.55. The van der Waals surface area contributed by atoms with Gasteiger partial charge in [-0.05, 0) is 87.8 Å². The van der Waals surface area contributed by atoms with E-state index in [1.165, 1.54) is 75.0 Å². The predicted molar refractivity (Wildman–Crippen MR) is 220 cm³/mol. The Kier molecular flexibility index (Phi) is 6.16. The van der Waals surface area contributed by atoms with E-state index in [9.17, 15) is 0 Å². The van der Waals surface area contributed by atoms with Crippen molar-refractivity contribution in [3.8, 4) is 11.1 Å². The molecule has 9 aromatic carbocycles. The first-order chi connectivity index (χ1) is 25.3. The van der Waals surface area contributed by atoms with E-state index in [1.807, 2.05) is 11.3 Å². The fourth-order valence-corrected chi connectivity index (χ4v) is 9.43. The Morgan fingerprint density at radius 2 is 1.06 bits per heavy atom. The molecule has 0 atom stereocenters. The molecule has 11 rings (SSSR count). The molecular weight excluding hydrogens is 637 g/mol. The Balaban J connectivity index is 1.11. The number of fused-ring (bicyclic) bond motifs is 8. The molecule has 1 aliphatic rings. The normalized spacial score (nSPS) is 12.3. The fraction of sp³-hybridized carbons (Fsp3) is 0. The molecule has 0 bridgehead atoms. The number of hydrogen-bond donors (Lipinski definition) is 0. The second-order valence-electron chi connectivity index (χ2n) is 13.3. The molecule has 0 fully saturated rings. The lowest BCUT2D eigenvalue weighted by molar-refractivity contribution is 1.27. The van der Waals surface area contributed by atoms with Gasteiger partial charge < -0.3 is 9.80 Å². The van der Waals surface area contributed by atoms with Gasteiger partial charge in [0.2, 0.25) is 0 Å². The summed E-state index contributed by atoms with van der Waals surface area (Å²) in [5, 5.41) is 10.1. The molecule has 1 aromatic heterocycles. The molecule has 2 nitrogen and oxygen atoms in total. The van der Waals surface area contributed by atoms with Gasteiger partial charge in [-0.25, -0.2) is 0 Å². The fourth-order valence-electron chi connectivity index (χ4n) is 8.29. The van der Waals surface area contributed by atoms with Crippen LogP contribution in [0.2, 0.25) is 0 Å². The molecule has 238 valence electrons. The number of thiophene rings is 1. The summed E-state index contributed by atoms with van der Waals surface area (Å²) in [7, 11) is 0. The van der Waals surface area contributed by atoms with Gasteiger partial charge >= 0.3 is 0 Å². The number of nitrogens with zero attached hydrogens (tertiary/aromatic N) is 2. The van der Waals surface area contributed by atoms with E-state index in [4.69, 9.17) is 0 Å². The lowest BCUT2D eigenvalue weighted by atomic mass is 9.87. The van der Waals surface area contributed by atoms with Crippen molar-refractivity contribution in [1.29, 1.82) is 0 Å². The van der Waals surface area contributed by atoms with Crippen molar-refractivity contribution in [2.75, 3.05) is 9.80 Å². The SMILES string of the molecule is c1ccc2c(N(c3ccc(N4c5ccc6ccccc6c5-c5cccc6cccc4c56)cc3)c3ccc4c(c3)sc3ccccc34)cccc2c1. The second kappa shape index (κ2) is 11.0. The van der Waals surface area contributed by atoms with Gasteiger partial charge in [-0.3, -0.25) is 0 Å². The van der Waals surface area contributed by atoms with Crippen LogP contribution in [0.1, 0.15) is 0 Å². The minimum atomic E-state index is 1.12. The van der Waals surface area contributed by atoms with E-state index in [1.54, 1.807) is 0 Å². The molecule has 3 heteroatoms. The van der Waals surface area contributed by atoms with Crippen molar-refractivity contribution in [2.24, 2.45) is 0 Å². The zero-order chi connectivity index (χ0) is 33.5. The molecule has 0 unspecified atom stereocenters. The van der Waals surface area contributed by atoms with Gasteiger partial charge in [-0.15, -0.1) is 11.3 Å². The van der Waals surface area contributed by atoms with Gasteiger partial charge in [0.15, 0.2) is 0 Å². The molecule has 0 saturated carbocycles. The van der Waals surface area contributed by atoms with Gasteiger partial charge in [-0.2, -0.15) is 0 Å². The predicted octanol–water partition coefficient (Wildman–Crippen LogP) is 14.4. The van der Waals surface area contributed by atoms with Gasteiger partial charge in [0, 0.05) is 53.6 Å². The Morgan fingerprint density at radius 1 is 0.412 bits per heavy atom. The minimum absolute atomic E-state index is 1.12. The highest BCUT2D eigenvalue weighted by Gasteiger charge is 2.27. The first-order valence-corrected chi connectivity index (χ1v) is 18.3. The third-order valence-electron chi connectivity index (χ3n) is 10.5. The van der Waals surface area contributed by atoms with Crippen LogP contribution < -0.4 is 9.80 Å². The van der Waals surface area contributed by atoms with Crippen LogP contribution in [0, 0.1) is 0 Å². The third kappa shape index (κ3) is 4.29. The average molecular weight is 667 g/mol. The Hall–Kier alpha value is -6.42. The highest BCUT2D eigenvalue weighted by atomic mass is 32.1. The smallest absolute Gasteiger partial charge is 0.0547 e. The molecule has 2 heterocycles. The summed E-state index contributed by atoms with van der Waals surface area (Å²) in [6.07, 6.45) is 0. The van der Waals surface area contributed by atoms with Crippen LogP contribution in [0.5, 0.6) is 0 Å². The van der Waals surface area contributed by atoms with Gasteiger partial charge in [0.05, 0.1) is 17.1 Å². The maximum Gasteiger partial charge on any atom is 0.0547 e. The highest BCUT2D eigenvalue weighted by molar-refractivity contribution is 7.25. The Bertz CT molecular complexity index is 2980. The number of anilines is 6. The molecular formula is C48H30N2S. The van der Waals surface area contributed by atoms with Crippen molar-refractivity contribution in [1.82, 2.24) is 0 Å². The number of hydrogen-bond acceptors (Lipinski definition) is 3. The number of benzene rings is 9. The van der Waals surface area contributed by atoms with Crippen LogP contribution in [0.3, 0.4) is 0 Å². The summed E-state index contributed by atoms with van der Waals surface area (Å²) in [6.45, 7) is 0. The van der Waals surface area contributed by atoms with Crippen LogP contribution in [0.4, 0.5) is 34.1 Å². The van der Waals surface area contributed by atoms with Gasteiger partial charge in [0.25, 0.3) is 0 Å². The van der Waals surface area contributed by atoms with Crippen LogP contribution in [0.25, 0.3) is 63.6 Å². The van der Waals surface area contributed by atoms with Crippen LogP contribution in [-0.2, 0) is 0 Å². The molecule has 0 N–H and O–H groups in total. The molecule has 0 amide bonds. The van der Waals surface area contributed by atoms with Gasteiger partial charge in [0.1, 0.15) is 0 Å². The van der Waals surface area contributed by atoms with Crippen molar-refractivity contribution < 1.29 is 0 Å². The van der Waals surface area contributed by atoms with E-state index >= 15 is 0 Å².